The van der Waals surface area contributed by atoms with Crippen molar-refractivity contribution in [3.8, 4) is 0 Å². The Kier molecular flexibility index (Phi) is 99.5. The van der Waals surface area contributed by atoms with Crippen LogP contribution in [0, 0.1) is 122 Å². The lowest BCUT2D eigenvalue weighted by Crippen LogP contribution is -2.50. The van der Waals surface area contributed by atoms with Crippen LogP contribution in [0.1, 0.15) is 662 Å². The molecule has 6 fully saturated rings. The monoisotopic (exact) mass is 2190 g/mol. The smallest absolute Gasteiger partial charge is 0.390 e. The van der Waals surface area contributed by atoms with Crippen LogP contribution in [0.15, 0.2) is 0 Å². The second kappa shape index (κ2) is 78.5. The van der Waals surface area contributed by atoms with Gasteiger partial charge in [-0.25, -0.2) is 13.2 Å². The minimum Gasteiger partial charge on any atom is -0.390 e. The van der Waals surface area contributed by atoms with Gasteiger partial charge in [-0.15, -0.1) is 0 Å². The number of hydrogen-bond acceptors (Lipinski definition) is 7. The van der Waals surface area contributed by atoms with Crippen molar-refractivity contribution in [3.63, 3.8) is 0 Å². The topological polar surface area (TPSA) is 97.6 Å². The van der Waals surface area contributed by atoms with Gasteiger partial charge in [-0.05, 0) is 287 Å². The lowest BCUT2D eigenvalue weighted by molar-refractivity contribution is -0.240. The van der Waals surface area contributed by atoms with E-state index in [0.717, 1.165) is 56.5 Å². The zero-order chi connectivity index (χ0) is 120. The fourth-order valence-corrected chi connectivity index (χ4v) is 13.5. The van der Waals surface area contributed by atoms with Crippen molar-refractivity contribution in [2.75, 3.05) is 28.4 Å². The highest BCUT2D eigenvalue weighted by Crippen LogP contribution is 2.50. The Balaban J connectivity index is -0.0000000769. The zero-order valence-corrected chi connectivity index (χ0v) is 111. The fourth-order valence-electron chi connectivity index (χ4n) is 13.5. The Morgan fingerprint density at radius 2 is 0.567 bits per heavy atom. The largest absolute Gasteiger partial charge is 0.415 e. The first kappa shape index (κ1) is 190. The van der Waals surface area contributed by atoms with Gasteiger partial charge in [0.25, 0.3) is 0 Å². The third-order valence-corrected chi connectivity index (χ3v) is 28.1. The summed E-state index contributed by atoms with van der Waals surface area (Å²) in [5.74, 6) is 2.37. The van der Waals surface area contributed by atoms with Crippen LogP contribution in [0.5, 0.6) is 0 Å². The van der Waals surface area contributed by atoms with Crippen molar-refractivity contribution in [1.29, 1.82) is 0 Å². The molecule has 0 heterocycles. The maximum atomic E-state index is 12.2. The average Bonchev–Trinajstić information content (AvgIpc) is 0.915. The number of alkyl halides is 9. The summed E-state index contributed by atoms with van der Waals surface area (Å²) >= 11 is 0. The number of aliphatic hydroxyl groups excluding tert-OH is 1. The van der Waals surface area contributed by atoms with Crippen molar-refractivity contribution < 1.29 is 73.8 Å². The van der Waals surface area contributed by atoms with Gasteiger partial charge >= 0.3 is 12.4 Å². The Morgan fingerprint density at radius 1 is 0.327 bits per heavy atom. The van der Waals surface area contributed by atoms with E-state index in [1.54, 1.807) is 21.1 Å². The molecule has 3 atom stereocenters. The Labute approximate surface area is 945 Å². The Hall–Kier alpha value is -0.910. The molecular formula is C134H295F9O7. The highest BCUT2D eigenvalue weighted by molar-refractivity contribution is 4.99. The van der Waals surface area contributed by atoms with Crippen molar-refractivity contribution in [2.24, 2.45) is 122 Å². The van der Waals surface area contributed by atoms with E-state index in [0.29, 0.717) is 60.6 Å². The van der Waals surface area contributed by atoms with E-state index in [1.807, 2.05) is 104 Å². The molecule has 0 aromatic carbocycles. The molecule has 0 amide bonds. The van der Waals surface area contributed by atoms with Crippen molar-refractivity contribution in [3.05, 3.63) is 0 Å². The van der Waals surface area contributed by atoms with Crippen molar-refractivity contribution >= 4 is 0 Å². The molecular weight excluding hydrogens is 1890 g/mol. The molecule has 0 bridgehead atoms. The van der Waals surface area contributed by atoms with E-state index in [-0.39, 0.29) is 100 Å². The number of methoxy groups -OCH3 is 4. The van der Waals surface area contributed by atoms with E-state index in [4.69, 9.17) is 19.3 Å². The lowest BCUT2D eigenvalue weighted by Gasteiger charge is -2.50. The third-order valence-electron chi connectivity index (χ3n) is 28.1. The van der Waals surface area contributed by atoms with E-state index >= 15 is 0 Å². The molecule has 936 valence electrons. The van der Waals surface area contributed by atoms with Crippen LogP contribution in [0.3, 0.4) is 0 Å². The molecule has 6 aliphatic carbocycles. The molecule has 6 aliphatic rings. The number of rotatable bonds is 6. The van der Waals surface area contributed by atoms with E-state index in [1.165, 1.54) is 176 Å². The van der Waals surface area contributed by atoms with E-state index in [9.17, 15) is 49.7 Å². The maximum absolute atomic E-state index is 12.2. The molecule has 16 heteroatoms. The lowest BCUT2D eigenvalue weighted by atomic mass is 9.64. The van der Waals surface area contributed by atoms with Crippen LogP contribution < -0.4 is 0 Å². The second-order valence-corrected chi connectivity index (χ2v) is 65.1. The van der Waals surface area contributed by atoms with Crippen LogP contribution in [-0.4, -0.2) is 108 Å². The summed E-state index contributed by atoms with van der Waals surface area (Å²) in [6, 6.07) is 0. The standard InChI is InChI=1S/C9H18O.2C9H18.C8H16O.C8H18O.2C8H16.C7H13F3O.C7H14F2.C7H15F.C7H16O.2C7H16.C6H11F3O.C6H14.C5H12O.2C5H12.6CH4/c1-8(2,3)9(10-4)6-5-7-9;2*1-9(2,3)8-6-4-5-7-8;1-7(2,3)8(9)5-4-6-8;1-7(2,3)8(4,5)9-6;2*1-8(2,3)7-5-4-6-7;1-6(2,3)5(11-4)7(8,9)10;1-6(2,3)5-7(4,8)9;1-6(8)5-7(2,3)4;1-6(2,3)7(4,5)8;1-6(2)7(3,4)5;1-5-6-7(2,3)4;1-5(2,3)4(10)6(7,8)9;1-5-6(2,3)4;1-5(2,3)6-4;2*1-5(2,3)4;;;;;;/h5-7H2,1-4H3;2*8H,4-7H2,1-3H3;9H,4-6H2,1-3H3;1-6H3;2*7H,4-6H2,1-3H3;5H,1-4H3;5H2,1-4H3;6H,5H2,1-4H3;8H,1-5H3;6H,1-5H3;5-6H2,1-4H3;4,10H,1-3H3;5H2,1-4H3;1-4H3;2*1-4H3;6*1H4. The molecule has 3 N–H and O–H groups in total. The van der Waals surface area contributed by atoms with Gasteiger partial charge in [0.2, 0.25) is 5.92 Å². The number of halogens is 9. The molecule has 0 saturated heterocycles. The maximum Gasteiger partial charge on any atom is 0.415 e. The second-order valence-electron chi connectivity index (χ2n) is 65.1. The van der Waals surface area contributed by atoms with Crippen LogP contribution in [-0.2, 0) is 18.9 Å². The summed E-state index contributed by atoms with van der Waals surface area (Å²) in [7, 11) is 6.37. The molecule has 6 saturated carbocycles. The molecule has 0 spiro atoms. The highest BCUT2D eigenvalue weighted by Gasteiger charge is 2.50. The van der Waals surface area contributed by atoms with Gasteiger partial charge in [-0.1, -0.05) is 491 Å². The summed E-state index contributed by atoms with van der Waals surface area (Å²) < 4.78 is 128. The summed E-state index contributed by atoms with van der Waals surface area (Å²) in [5.41, 5.74) is 2.75. The van der Waals surface area contributed by atoms with Crippen molar-refractivity contribution in [1.82, 2.24) is 0 Å². The van der Waals surface area contributed by atoms with Gasteiger partial charge in [0.15, 0.2) is 12.2 Å². The molecule has 0 aliphatic heterocycles. The first-order valence-electron chi connectivity index (χ1n) is 56.5. The zero-order valence-electron chi connectivity index (χ0n) is 111. The van der Waals surface area contributed by atoms with Gasteiger partial charge in [-0.2, -0.15) is 26.3 Å². The first-order valence-corrected chi connectivity index (χ1v) is 56.5. The number of ether oxygens (including phenoxy) is 4. The van der Waals surface area contributed by atoms with Crippen LogP contribution in [0.4, 0.5) is 39.5 Å². The molecule has 150 heavy (non-hydrogen) atoms. The Morgan fingerprint density at radius 3 is 0.580 bits per heavy atom. The highest BCUT2D eigenvalue weighted by atomic mass is 19.4. The van der Waals surface area contributed by atoms with E-state index < -0.39 is 53.1 Å². The predicted octanol–water partition coefficient (Wildman–Crippen LogP) is 48.7. The minimum absolute atomic E-state index is 0. The normalized spacial score (nSPS) is 16.9. The summed E-state index contributed by atoms with van der Waals surface area (Å²) in [4.78, 5) is 0. The van der Waals surface area contributed by atoms with Crippen molar-refractivity contribution in [2.45, 2.75) is 727 Å². The van der Waals surface area contributed by atoms with E-state index in [2.05, 4.69) is 309 Å². The van der Waals surface area contributed by atoms with Gasteiger partial charge in [0.1, 0.15) is 0 Å². The molecule has 0 radical (unpaired) electrons. The minimum atomic E-state index is -4.50. The number of hydrogen-bond donors (Lipinski definition) is 3. The molecule has 6 rings (SSSR count). The summed E-state index contributed by atoms with van der Waals surface area (Å²) in [6.07, 6.45) is 18.9. The molecule has 0 aromatic heterocycles. The molecule has 0 aromatic rings. The Bertz CT molecular complexity index is 2790. The quantitative estimate of drug-likeness (QED) is 0.228. The van der Waals surface area contributed by atoms with Gasteiger partial charge in [0.05, 0.1) is 34.2 Å². The summed E-state index contributed by atoms with van der Waals surface area (Å²) in [6.45, 7) is 137. The molecule has 3 unspecified atom stereocenters. The average molecular weight is 2190 g/mol. The molecule has 7 nitrogen and oxygen atoms in total. The third kappa shape index (κ3) is 122. The number of aliphatic hydroxyl groups is 3. The SMILES string of the molecule is C.C.C.C.C.C.CC(C)(C)C.CC(C)(C)C.CC(C)(C)C(C)(C)O.CC(C)(C)C(O)C(F)(F)F.CC(C)(C)C1(O)CCC1.CC(C)(C)C1CCC1.CC(C)(C)C1CCC1.CC(C)(C)C1CCCC1.CC(C)(C)C1CCCC1.CC(C)(C)CC(C)(F)F.CC(C)C(C)(C)C.CC(F)CC(C)(C)C.CCC(C)(C)C.CCCC(C)(C)C.COC(C(C)(C)C)C(F)(F)F.COC(C)(C)C.COC(C)(C)C(C)(C)C.COC1(C(C)(C)C)CCC1. The van der Waals surface area contributed by atoms with Crippen LogP contribution in [0.2, 0.25) is 0 Å². The van der Waals surface area contributed by atoms with Crippen LogP contribution >= 0.6 is 0 Å². The van der Waals surface area contributed by atoms with Crippen LogP contribution in [0.25, 0.3) is 0 Å². The van der Waals surface area contributed by atoms with Gasteiger partial charge < -0.3 is 34.3 Å². The predicted molar refractivity (Wildman–Crippen MR) is 667 cm³/mol. The summed E-state index contributed by atoms with van der Waals surface area (Å²) in [5, 5.41) is 27.7. The van der Waals surface area contributed by atoms with Gasteiger partial charge in [0, 0.05) is 34.9 Å². The van der Waals surface area contributed by atoms with Gasteiger partial charge in [-0.3, -0.25) is 0 Å². The fraction of sp³-hybridized carbons (Fsp3) is 1.00. The first-order chi connectivity index (χ1) is 62.1.